The summed E-state index contributed by atoms with van der Waals surface area (Å²) in [6.45, 7) is 14.2. The Labute approximate surface area is 281 Å². The fraction of sp³-hybridized carbons (Fsp3) is 0.256. The van der Waals surface area contributed by atoms with Crippen molar-refractivity contribution in [2.75, 3.05) is 0 Å². The van der Waals surface area contributed by atoms with E-state index in [9.17, 15) is 0 Å². The van der Waals surface area contributed by atoms with Crippen molar-refractivity contribution in [2.24, 2.45) is 5.73 Å². The zero-order valence-corrected chi connectivity index (χ0v) is 30.4. The number of aromatic nitrogens is 1. The van der Waals surface area contributed by atoms with Crippen LogP contribution in [0.2, 0.25) is 0 Å². The van der Waals surface area contributed by atoms with Crippen LogP contribution in [0, 0.1) is 27.7 Å². The molecule has 5 rings (SSSR count). The van der Waals surface area contributed by atoms with Crippen molar-refractivity contribution in [3.05, 3.63) is 149 Å². The Hall–Kier alpha value is -2.53. The standard InChI is InChI=1S/C33H38P2.C6H8N2.Ru/c1-24-7-15-30(16-8-24)34(31-17-9-25(2)10-18-31)28(5)23-29(6)35(32-19-11-26(3)12-20-32)33-21-13-27(4)14-22-33;7-5-6-3-1-2-4-8-6;/h7-22,28-29H,23H2,1-6H3;1-4H,5,7H2;/t28-,29-;;/m0../s1. The molecule has 0 amide bonds. The summed E-state index contributed by atoms with van der Waals surface area (Å²) in [5, 5.41) is 5.96. The number of nitrogens with two attached hydrogens (primary N) is 1. The zero-order chi connectivity index (χ0) is 30.8. The van der Waals surface area contributed by atoms with E-state index < -0.39 is 15.8 Å². The van der Waals surface area contributed by atoms with E-state index in [1.165, 1.54) is 49.9 Å². The maximum atomic E-state index is 5.29. The van der Waals surface area contributed by atoms with Crippen molar-refractivity contribution in [3.8, 4) is 0 Å². The molecule has 5 heteroatoms. The van der Waals surface area contributed by atoms with Crippen LogP contribution in [0.15, 0.2) is 121 Å². The van der Waals surface area contributed by atoms with Gasteiger partial charge in [-0.2, -0.15) is 0 Å². The SMILES string of the molecule is Cc1ccc(P(c2ccc(C)cc2)[C@@H](C)C[C@H](C)P(c2ccc(C)cc2)c2ccc(C)cc2)cc1.NCc1ccccn1.[Ru]. The van der Waals surface area contributed by atoms with Crippen LogP contribution in [0.5, 0.6) is 0 Å². The Morgan fingerprint density at radius 2 is 0.841 bits per heavy atom. The quantitative estimate of drug-likeness (QED) is 0.124. The first-order chi connectivity index (χ1) is 20.7. The topological polar surface area (TPSA) is 38.9 Å². The monoisotopic (exact) mass is 706 g/mol. The first-order valence-corrected chi connectivity index (χ1v) is 18.0. The van der Waals surface area contributed by atoms with Gasteiger partial charge in [0.25, 0.3) is 0 Å². The smallest absolute Gasteiger partial charge is 0.0539 e. The van der Waals surface area contributed by atoms with Crippen LogP contribution >= 0.6 is 15.8 Å². The molecule has 0 saturated heterocycles. The van der Waals surface area contributed by atoms with Crippen LogP contribution in [0.4, 0.5) is 0 Å². The van der Waals surface area contributed by atoms with Crippen molar-refractivity contribution < 1.29 is 19.5 Å². The maximum absolute atomic E-state index is 5.29. The van der Waals surface area contributed by atoms with E-state index >= 15 is 0 Å². The molecule has 0 aliphatic heterocycles. The second kappa shape index (κ2) is 17.8. The van der Waals surface area contributed by atoms with E-state index in [0.717, 1.165) is 5.69 Å². The van der Waals surface area contributed by atoms with Gasteiger partial charge in [0, 0.05) is 32.2 Å². The van der Waals surface area contributed by atoms with Crippen molar-refractivity contribution in [2.45, 2.75) is 65.8 Å². The number of hydrogen-bond acceptors (Lipinski definition) is 2. The first-order valence-electron chi connectivity index (χ1n) is 15.2. The van der Waals surface area contributed by atoms with E-state index in [0.29, 0.717) is 17.9 Å². The summed E-state index contributed by atoms with van der Waals surface area (Å²) in [5.74, 6) is 0. The number of pyridine rings is 1. The first kappa shape index (κ1) is 35.9. The third-order valence-corrected chi connectivity index (χ3v) is 13.4. The molecule has 0 bridgehead atoms. The number of aryl methyl sites for hydroxylation is 4. The Balaban J connectivity index is 0.000000511. The molecular weight excluding hydrogens is 659 g/mol. The number of benzene rings is 4. The minimum atomic E-state index is -0.432. The minimum absolute atomic E-state index is 0. The van der Waals surface area contributed by atoms with Gasteiger partial charge >= 0.3 is 0 Å². The number of hydrogen-bond donors (Lipinski definition) is 1. The molecule has 0 unspecified atom stereocenters. The maximum Gasteiger partial charge on any atom is 0.0539 e. The fourth-order valence-corrected chi connectivity index (χ4v) is 11.1. The van der Waals surface area contributed by atoms with Gasteiger partial charge in [-0.1, -0.05) is 139 Å². The number of nitrogens with zero attached hydrogens (tertiary/aromatic N) is 1. The van der Waals surface area contributed by atoms with E-state index in [4.69, 9.17) is 5.73 Å². The van der Waals surface area contributed by atoms with E-state index in [1.54, 1.807) is 6.20 Å². The molecule has 2 atom stereocenters. The van der Waals surface area contributed by atoms with E-state index in [2.05, 4.69) is 144 Å². The van der Waals surface area contributed by atoms with Crippen LogP contribution in [-0.2, 0) is 26.0 Å². The van der Waals surface area contributed by atoms with E-state index in [-0.39, 0.29) is 19.5 Å². The molecular formula is C39H46N2P2Ru. The summed E-state index contributed by atoms with van der Waals surface area (Å²) >= 11 is 0. The summed E-state index contributed by atoms with van der Waals surface area (Å²) in [7, 11) is -0.864. The molecule has 2 N–H and O–H groups in total. The average molecular weight is 706 g/mol. The average Bonchev–Trinajstić information content (AvgIpc) is 3.02. The molecule has 0 aliphatic rings. The molecule has 0 fully saturated rings. The van der Waals surface area contributed by atoms with Gasteiger partial charge in [-0.3, -0.25) is 4.98 Å². The molecule has 0 saturated carbocycles. The van der Waals surface area contributed by atoms with Crippen molar-refractivity contribution in [1.29, 1.82) is 0 Å². The zero-order valence-electron chi connectivity index (χ0n) is 26.9. The summed E-state index contributed by atoms with van der Waals surface area (Å²) in [6.07, 6.45) is 2.95. The molecule has 5 aromatic rings. The van der Waals surface area contributed by atoms with Crippen LogP contribution in [0.25, 0.3) is 0 Å². The fourth-order valence-electron chi connectivity index (χ4n) is 5.36. The van der Waals surface area contributed by atoms with Crippen molar-refractivity contribution in [3.63, 3.8) is 0 Å². The van der Waals surface area contributed by atoms with Crippen LogP contribution in [-0.4, -0.2) is 16.3 Å². The van der Waals surface area contributed by atoms with Gasteiger partial charge in [0.1, 0.15) is 0 Å². The predicted octanol–water partition coefficient (Wildman–Crippen LogP) is 8.19. The molecule has 0 aliphatic carbocycles. The Morgan fingerprint density at radius 3 is 1.07 bits per heavy atom. The second-order valence-corrected chi connectivity index (χ2v) is 16.8. The van der Waals surface area contributed by atoms with Crippen molar-refractivity contribution in [1.82, 2.24) is 4.98 Å². The second-order valence-electron chi connectivity index (χ2n) is 11.5. The van der Waals surface area contributed by atoms with Gasteiger partial charge < -0.3 is 5.73 Å². The normalized spacial score (nSPS) is 12.2. The summed E-state index contributed by atoms with van der Waals surface area (Å²) < 4.78 is 0. The molecule has 2 nitrogen and oxygen atoms in total. The third kappa shape index (κ3) is 10.3. The Kier molecular flexibility index (Phi) is 14.6. The van der Waals surface area contributed by atoms with Crippen molar-refractivity contribution >= 4 is 37.1 Å². The molecule has 4 aromatic carbocycles. The Morgan fingerprint density at radius 1 is 0.523 bits per heavy atom. The number of rotatable bonds is 9. The van der Waals surface area contributed by atoms with Gasteiger partial charge in [-0.15, -0.1) is 0 Å². The summed E-state index contributed by atoms with van der Waals surface area (Å²) in [4.78, 5) is 3.97. The summed E-state index contributed by atoms with van der Waals surface area (Å²) in [6, 6.07) is 42.9. The predicted molar refractivity (Wildman–Crippen MR) is 193 cm³/mol. The molecule has 230 valence electrons. The molecule has 0 spiro atoms. The minimum Gasteiger partial charge on any atom is -0.325 e. The molecule has 1 aromatic heterocycles. The van der Waals surface area contributed by atoms with Gasteiger partial charge in [-0.05, 0) is 94.6 Å². The van der Waals surface area contributed by atoms with Gasteiger partial charge in [0.15, 0.2) is 0 Å². The molecule has 44 heavy (non-hydrogen) atoms. The van der Waals surface area contributed by atoms with Gasteiger partial charge in [0.05, 0.1) is 5.69 Å². The van der Waals surface area contributed by atoms with E-state index in [1.807, 2.05) is 18.2 Å². The van der Waals surface area contributed by atoms with Gasteiger partial charge in [0.2, 0.25) is 0 Å². The Bertz CT molecular complexity index is 1330. The largest absolute Gasteiger partial charge is 0.325 e. The molecule has 0 radical (unpaired) electrons. The molecule has 1 heterocycles. The van der Waals surface area contributed by atoms with Gasteiger partial charge in [-0.25, -0.2) is 0 Å². The van der Waals surface area contributed by atoms with Crippen LogP contribution < -0.4 is 27.0 Å². The third-order valence-electron chi connectivity index (χ3n) is 7.75. The summed E-state index contributed by atoms with van der Waals surface area (Å²) in [5.41, 5.74) is 12.7. The van der Waals surface area contributed by atoms with Crippen LogP contribution in [0.3, 0.4) is 0 Å². The van der Waals surface area contributed by atoms with Crippen LogP contribution in [0.1, 0.15) is 48.2 Å².